The molecule has 3 rings (SSSR count). The number of aromatic nitrogens is 1. The molecule has 136 valence electrons. The fraction of sp³-hybridized carbons (Fsp3) is 0.176. The van der Waals surface area contributed by atoms with Gasteiger partial charge in [0.1, 0.15) is 11.5 Å². The van der Waals surface area contributed by atoms with E-state index in [1.807, 2.05) is 13.0 Å². The van der Waals surface area contributed by atoms with Crippen molar-refractivity contribution < 1.29 is 17.9 Å². The number of aryl methyl sites for hydroxylation is 1. The number of ether oxygens (including phenoxy) is 1. The van der Waals surface area contributed by atoms with Crippen molar-refractivity contribution in [1.82, 2.24) is 10.4 Å². The van der Waals surface area contributed by atoms with Crippen LogP contribution in [0.5, 0.6) is 5.75 Å². The molecular weight excluding hydrogens is 374 g/mol. The Balaban J connectivity index is 1.64. The predicted octanol–water partition coefficient (Wildman–Crippen LogP) is 2.53. The molecule has 2 N–H and O–H groups in total. The number of carbonyl (C=O) groups excluding carboxylic acids is 1. The summed E-state index contributed by atoms with van der Waals surface area (Å²) in [7, 11) is -2.12. The minimum atomic E-state index is -3.70. The van der Waals surface area contributed by atoms with Crippen LogP contribution in [0.3, 0.4) is 0 Å². The number of amides is 1. The van der Waals surface area contributed by atoms with Crippen LogP contribution in [0.4, 0.5) is 5.13 Å². The van der Waals surface area contributed by atoms with Gasteiger partial charge in [0, 0.05) is 0 Å². The summed E-state index contributed by atoms with van der Waals surface area (Å²) in [6.45, 7) is 1.86. The summed E-state index contributed by atoms with van der Waals surface area (Å²) in [4.78, 5) is 16.4. The Bertz CT molecular complexity index is 1040. The number of anilines is 1. The third-order valence-electron chi connectivity index (χ3n) is 3.61. The lowest BCUT2D eigenvalue weighted by Gasteiger charge is -2.07. The molecule has 0 spiro atoms. The number of benzene rings is 2. The fourth-order valence-electron chi connectivity index (χ4n) is 2.25. The number of nitrogens with zero attached hydrogens (tertiary/aromatic N) is 1. The molecule has 9 heteroatoms. The maximum absolute atomic E-state index is 12.3. The Labute approximate surface area is 154 Å². The fourth-order valence-corrected chi connectivity index (χ4v) is 4.23. The van der Waals surface area contributed by atoms with Crippen LogP contribution in [0.15, 0.2) is 47.4 Å². The molecule has 0 atom stereocenters. The summed E-state index contributed by atoms with van der Waals surface area (Å²) in [6, 6.07) is 11.8. The Hall–Kier alpha value is -2.65. The van der Waals surface area contributed by atoms with Crippen LogP contribution in [0, 0.1) is 6.92 Å². The van der Waals surface area contributed by atoms with Gasteiger partial charge in [-0.25, -0.2) is 13.4 Å². The second-order valence-corrected chi connectivity index (χ2v) is 8.62. The second-order valence-electron chi connectivity index (χ2n) is 5.60. The lowest BCUT2D eigenvalue weighted by Crippen LogP contribution is -2.34. The Kier molecular flexibility index (Phi) is 5.10. The van der Waals surface area contributed by atoms with Crippen LogP contribution in [0.1, 0.15) is 5.56 Å². The molecule has 1 aromatic heterocycles. The number of hydrogen-bond donors (Lipinski definition) is 2. The van der Waals surface area contributed by atoms with Crippen LogP contribution in [0.25, 0.3) is 10.2 Å². The number of nitrogens with one attached hydrogen (secondary N) is 2. The number of methoxy groups -OCH3 is 1. The monoisotopic (exact) mass is 391 g/mol. The van der Waals surface area contributed by atoms with E-state index in [9.17, 15) is 13.2 Å². The molecule has 2 aromatic carbocycles. The van der Waals surface area contributed by atoms with Gasteiger partial charge in [-0.05, 0) is 37.3 Å². The maximum atomic E-state index is 12.3. The molecule has 1 heterocycles. The molecule has 0 bridgehead atoms. The van der Waals surface area contributed by atoms with E-state index in [4.69, 9.17) is 4.74 Å². The third kappa shape index (κ3) is 4.12. The van der Waals surface area contributed by atoms with Gasteiger partial charge in [-0.15, -0.1) is 0 Å². The number of thiazole rings is 1. The lowest BCUT2D eigenvalue weighted by molar-refractivity contribution is -0.118. The van der Waals surface area contributed by atoms with E-state index in [1.54, 1.807) is 31.4 Å². The number of rotatable bonds is 6. The first-order valence-electron chi connectivity index (χ1n) is 7.66. The van der Waals surface area contributed by atoms with Crippen molar-refractivity contribution in [3.05, 3.63) is 48.0 Å². The van der Waals surface area contributed by atoms with Crippen LogP contribution >= 0.6 is 11.3 Å². The van der Waals surface area contributed by atoms with Crippen molar-refractivity contribution in [2.24, 2.45) is 0 Å². The van der Waals surface area contributed by atoms with Gasteiger partial charge < -0.3 is 4.74 Å². The molecular formula is C17H17N3O4S2. The van der Waals surface area contributed by atoms with Gasteiger partial charge in [0.2, 0.25) is 5.13 Å². The van der Waals surface area contributed by atoms with Crippen molar-refractivity contribution in [3.8, 4) is 5.75 Å². The Morgan fingerprint density at radius 1 is 1.19 bits per heavy atom. The van der Waals surface area contributed by atoms with E-state index in [2.05, 4.69) is 15.8 Å². The highest BCUT2D eigenvalue weighted by molar-refractivity contribution is 7.92. The predicted molar refractivity (Wildman–Crippen MR) is 101 cm³/mol. The van der Waals surface area contributed by atoms with Crippen molar-refractivity contribution in [3.63, 3.8) is 0 Å². The normalized spacial score (nSPS) is 11.3. The molecule has 0 unspecified atom stereocenters. The van der Waals surface area contributed by atoms with Crippen LogP contribution in [0.2, 0.25) is 0 Å². The zero-order chi connectivity index (χ0) is 18.7. The van der Waals surface area contributed by atoms with E-state index in [0.717, 1.165) is 15.8 Å². The molecule has 0 aliphatic rings. The molecule has 0 aliphatic carbocycles. The number of carbonyl (C=O) groups is 1. The average molecular weight is 391 g/mol. The SMILES string of the molecule is COc1ccc2nc(NNC(=O)CS(=O)(=O)c3ccc(C)cc3)sc2c1. The number of hydrogen-bond acceptors (Lipinski definition) is 7. The van der Waals surface area contributed by atoms with Gasteiger partial charge in [0.05, 0.1) is 22.2 Å². The summed E-state index contributed by atoms with van der Waals surface area (Å²) in [5.41, 5.74) is 6.73. The van der Waals surface area contributed by atoms with E-state index in [-0.39, 0.29) is 4.90 Å². The molecule has 0 fully saturated rings. The van der Waals surface area contributed by atoms with Gasteiger partial charge in [0.25, 0.3) is 5.91 Å². The van der Waals surface area contributed by atoms with E-state index in [0.29, 0.717) is 10.9 Å². The van der Waals surface area contributed by atoms with Crippen molar-refractivity contribution in [1.29, 1.82) is 0 Å². The summed E-state index contributed by atoms with van der Waals surface area (Å²) in [5, 5.41) is 0.453. The van der Waals surface area contributed by atoms with E-state index >= 15 is 0 Å². The Morgan fingerprint density at radius 2 is 1.92 bits per heavy atom. The third-order valence-corrected chi connectivity index (χ3v) is 6.17. The molecule has 0 saturated carbocycles. The molecule has 3 aromatic rings. The summed E-state index contributed by atoms with van der Waals surface area (Å²) in [5.74, 6) is -0.606. The van der Waals surface area contributed by atoms with Crippen molar-refractivity contribution in [2.75, 3.05) is 18.3 Å². The summed E-state index contributed by atoms with van der Waals surface area (Å²) in [6.07, 6.45) is 0. The topological polar surface area (TPSA) is 97.4 Å². The van der Waals surface area contributed by atoms with E-state index in [1.165, 1.54) is 23.5 Å². The maximum Gasteiger partial charge on any atom is 0.253 e. The van der Waals surface area contributed by atoms with Crippen LogP contribution in [-0.2, 0) is 14.6 Å². The smallest absolute Gasteiger partial charge is 0.253 e. The van der Waals surface area contributed by atoms with Crippen molar-refractivity contribution >= 4 is 42.4 Å². The summed E-state index contributed by atoms with van der Waals surface area (Å²) < 4.78 is 30.6. The number of hydrazine groups is 1. The standard InChI is InChI=1S/C17H17N3O4S2/c1-11-3-6-13(7-4-11)26(22,23)10-16(21)19-20-17-18-14-8-5-12(24-2)9-15(14)25-17/h3-9H,10H2,1-2H3,(H,18,20)(H,19,21). The first-order valence-corrected chi connectivity index (χ1v) is 10.1. The minimum absolute atomic E-state index is 0.116. The molecule has 1 amide bonds. The molecule has 0 radical (unpaired) electrons. The highest BCUT2D eigenvalue weighted by atomic mass is 32.2. The van der Waals surface area contributed by atoms with Gasteiger partial charge in [-0.3, -0.25) is 15.6 Å². The van der Waals surface area contributed by atoms with Gasteiger partial charge in [0.15, 0.2) is 9.84 Å². The number of sulfone groups is 1. The molecule has 7 nitrogen and oxygen atoms in total. The van der Waals surface area contributed by atoms with Gasteiger partial charge in [-0.2, -0.15) is 0 Å². The summed E-state index contributed by atoms with van der Waals surface area (Å²) >= 11 is 1.32. The first-order chi connectivity index (χ1) is 12.4. The number of fused-ring (bicyclic) bond motifs is 1. The lowest BCUT2D eigenvalue weighted by atomic mass is 10.2. The highest BCUT2D eigenvalue weighted by Gasteiger charge is 2.19. The minimum Gasteiger partial charge on any atom is -0.497 e. The average Bonchev–Trinajstić information content (AvgIpc) is 3.02. The highest BCUT2D eigenvalue weighted by Crippen LogP contribution is 2.28. The van der Waals surface area contributed by atoms with Crippen LogP contribution in [-0.4, -0.2) is 32.2 Å². The molecule has 0 aliphatic heterocycles. The zero-order valence-electron chi connectivity index (χ0n) is 14.1. The largest absolute Gasteiger partial charge is 0.497 e. The first kappa shape index (κ1) is 18.2. The van der Waals surface area contributed by atoms with Crippen LogP contribution < -0.4 is 15.6 Å². The van der Waals surface area contributed by atoms with E-state index < -0.39 is 21.5 Å². The molecule has 0 saturated heterocycles. The molecule has 26 heavy (non-hydrogen) atoms. The Morgan fingerprint density at radius 3 is 2.62 bits per heavy atom. The van der Waals surface area contributed by atoms with Crippen molar-refractivity contribution in [2.45, 2.75) is 11.8 Å². The van der Waals surface area contributed by atoms with Gasteiger partial charge >= 0.3 is 0 Å². The second kappa shape index (κ2) is 7.30. The van der Waals surface area contributed by atoms with Gasteiger partial charge in [-0.1, -0.05) is 29.0 Å². The quantitative estimate of drug-likeness (QED) is 0.627. The zero-order valence-corrected chi connectivity index (χ0v) is 15.8.